The van der Waals surface area contributed by atoms with Crippen LogP contribution in [0.2, 0.25) is 0 Å². The summed E-state index contributed by atoms with van der Waals surface area (Å²) in [6.45, 7) is 0. The van der Waals surface area contributed by atoms with Crippen molar-refractivity contribution in [2.45, 2.75) is 0 Å². The lowest BCUT2D eigenvalue weighted by Gasteiger charge is -2.14. The molecule has 0 spiro atoms. The molecule has 0 amide bonds. The second-order valence-electron chi connectivity index (χ2n) is 15.8. The smallest absolute Gasteiger partial charge is 0.0972 e. The van der Waals surface area contributed by atoms with Crippen molar-refractivity contribution in [3.8, 4) is 44.9 Å². The summed E-state index contributed by atoms with van der Waals surface area (Å²) >= 11 is 0. The van der Waals surface area contributed by atoms with Gasteiger partial charge in [0.1, 0.15) is 0 Å². The first kappa shape index (κ1) is 32.9. The molecule has 0 saturated heterocycles. The van der Waals surface area contributed by atoms with Crippen molar-refractivity contribution >= 4 is 86.7 Å². The molecule has 9 aromatic carbocycles. The molecule has 0 aliphatic rings. The van der Waals surface area contributed by atoms with Gasteiger partial charge in [0.25, 0.3) is 0 Å². The van der Waals surface area contributed by atoms with Crippen molar-refractivity contribution < 1.29 is 0 Å². The molecule has 4 heterocycles. The van der Waals surface area contributed by atoms with E-state index in [1.54, 1.807) is 0 Å². The summed E-state index contributed by atoms with van der Waals surface area (Å²) in [7, 11) is 0. The Hall–Kier alpha value is -8.08. The largest absolute Gasteiger partial charge is 0.254 e. The van der Waals surface area contributed by atoms with Gasteiger partial charge in [0.2, 0.25) is 0 Å². The molecule has 4 aromatic heterocycles. The molecule has 0 N–H and O–H groups in total. The van der Waals surface area contributed by atoms with E-state index in [2.05, 4.69) is 187 Å². The number of fused-ring (bicyclic) bond motifs is 6. The SMILES string of the molecule is c1cnc2c(c1)ccc1ccc(-c3ccc(-c4ccc5ccc(-c6ccc7nc(-c8ccc9ccc%10cccc%11ccc8c9c%10%11)ccc7c6)cc5n4)c4ccccc34)nc12. The lowest BCUT2D eigenvalue weighted by Crippen LogP contribution is -1.92. The molecule has 0 radical (unpaired) electrons. The van der Waals surface area contributed by atoms with Crippen molar-refractivity contribution in [2.75, 3.05) is 0 Å². The zero-order valence-corrected chi connectivity index (χ0v) is 32.3. The van der Waals surface area contributed by atoms with Crippen LogP contribution >= 0.6 is 0 Å². The average molecular weight is 761 g/mol. The van der Waals surface area contributed by atoms with E-state index in [9.17, 15) is 0 Å². The van der Waals surface area contributed by atoms with Crippen LogP contribution in [0, 0.1) is 0 Å². The fourth-order valence-corrected chi connectivity index (χ4v) is 9.48. The zero-order chi connectivity index (χ0) is 39.3. The van der Waals surface area contributed by atoms with Crippen LogP contribution in [0.4, 0.5) is 0 Å². The van der Waals surface area contributed by atoms with Crippen molar-refractivity contribution in [1.29, 1.82) is 0 Å². The summed E-state index contributed by atoms with van der Waals surface area (Å²) < 4.78 is 0. The molecule has 60 heavy (non-hydrogen) atoms. The Morgan fingerprint density at radius 1 is 0.283 bits per heavy atom. The van der Waals surface area contributed by atoms with Crippen LogP contribution in [0.3, 0.4) is 0 Å². The molecule has 0 aliphatic carbocycles. The Kier molecular flexibility index (Phi) is 6.98. The molecule has 0 bridgehead atoms. The minimum atomic E-state index is 0.915. The van der Waals surface area contributed by atoms with Gasteiger partial charge in [0, 0.05) is 44.4 Å². The number of hydrogen-bond acceptors (Lipinski definition) is 4. The molecule has 0 fully saturated rings. The highest BCUT2D eigenvalue weighted by atomic mass is 14.8. The van der Waals surface area contributed by atoms with E-state index in [1.165, 1.54) is 32.3 Å². The summed E-state index contributed by atoms with van der Waals surface area (Å²) in [6, 6.07) is 67.3. The van der Waals surface area contributed by atoms with Gasteiger partial charge in [0.15, 0.2) is 0 Å². The predicted molar refractivity (Wildman–Crippen MR) is 251 cm³/mol. The monoisotopic (exact) mass is 760 g/mol. The summed E-state index contributed by atoms with van der Waals surface area (Å²) in [5.74, 6) is 0. The number of aromatic nitrogens is 4. The van der Waals surface area contributed by atoms with Gasteiger partial charge >= 0.3 is 0 Å². The summed E-state index contributed by atoms with van der Waals surface area (Å²) in [6.07, 6.45) is 1.84. The quantitative estimate of drug-likeness (QED) is 0.168. The highest BCUT2D eigenvalue weighted by Crippen LogP contribution is 2.40. The lowest BCUT2D eigenvalue weighted by atomic mass is 9.91. The van der Waals surface area contributed by atoms with Gasteiger partial charge in [-0.2, -0.15) is 0 Å². The van der Waals surface area contributed by atoms with Gasteiger partial charge in [-0.05, 0) is 96.7 Å². The minimum Gasteiger partial charge on any atom is -0.254 e. The molecule has 0 unspecified atom stereocenters. The molecular formula is C56H32N4. The van der Waals surface area contributed by atoms with E-state index in [1.807, 2.05) is 12.3 Å². The van der Waals surface area contributed by atoms with Crippen molar-refractivity contribution in [3.63, 3.8) is 0 Å². The number of hydrogen-bond donors (Lipinski definition) is 0. The second-order valence-corrected chi connectivity index (χ2v) is 15.8. The van der Waals surface area contributed by atoms with Crippen molar-refractivity contribution in [1.82, 2.24) is 19.9 Å². The Morgan fingerprint density at radius 2 is 0.817 bits per heavy atom. The first-order valence-electron chi connectivity index (χ1n) is 20.4. The fraction of sp³-hybridized carbons (Fsp3) is 0. The van der Waals surface area contributed by atoms with Gasteiger partial charge in [-0.25, -0.2) is 15.0 Å². The number of rotatable bonds is 4. The molecule has 4 nitrogen and oxygen atoms in total. The molecule has 0 saturated carbocycles. The first-order valence-corrected chi connectivity index (χ1v) is 20.4. The van der Waals surface area contributed by atoms with E-state index in [-0.39, 0.29) is 0 Å². The van der Waals surface area contributed by atoms with Crippen molar-refractivity contribution in [3.05, 3.63) is 194 Å². The molecular weight excluding hydrogens is 729 g/mol. The maximum atomic E-state index is 5.29. The van der Waals surface area contributed by atoms with Crippen LogP contribution in [0.15, 0.2) is 194 Å². The van der Waals surface area contributed by atoms with E-state index in [0.29, 0.717) is 0 Å². The van der Waals surface area contributed by atoms with Crippen LogP contribution < -0.4 is 0 Å². The normalized spacial score (nSPS) is 12.0. The van der Waals surface area contributed by atoms with Gasteiger partial charge in [-0.15, -0.1) is 0 Å². The molecule has 0 aliphatic heterocycles. The maximum Gasteiger partial charge on any atom is 0.0972 e. The van der Waals surface area contributed by atoms with Crippen LogP contribution in [-0.4, -0.2) is 19.9 Å². The van der Waals surface area contributed by atoms with Gasteiger partial charge in [0.05, 0.1) is 39.1 Å². The van der Waals surface area contributed by atoms with Crippen LogP contribution in [0.25, 0.3) is 132 Å². The Morgan fingerprint density at radius 3 is 1.62 bits per heavy atom. The number of pyridine rings is 4. The number of benzene rings is 9. The first-order chi connectivity index (χ1) is 29.7. The zero-order valence-electron chi connectivity index (χ0n) is 32.3. The standard InChI is InChI=1S/C56H32N4/c1-2-9-43-42(8-1)44(24-25-45(43)51-28-19-38-14-13-37-7-4-30-57-55(37)56(38)60-51)49-27-18-33-10-15-40(32-52(33)59-49)39-20-26-48-41(31-39)21-29-50(58-48)46-22-16-36-12-11-34-5-3-6-35-17-23-47(46)54(36)53(34)35/h1-32H. The fourth-order valence-electron chi connectivity index (χ4n) is 9.48. The van der Waals surface area contributed by atoms with E-state index in [4.69, 9.17) is 15.0 Å². The topological polar surface area (TPSA) is 51.6 Å². The minimum absolute atomic E-state index is 0.915. The Balaban J connectivity index is 0.861. The molecule has 276 valence electrons. The lowest BCUT2D eigenvalue weighted by molar-refractivity contribution is 1.37. The molecule has 13 rings (SSSR count). The Bertz CT molecular complexity index is 3890. The third-order valence-corrected chi connectivity index (χ3v) is 12.4. The average Bonchev–Trinajstić information content (AvgIpc) is 3.32. The van der Waals surface area contributed by atoms with E-state index < -0.39 is 0 Å². The van der Waals surface area contributed by atoms with Gasteiger partial charge < -0.3 is 0 Å². The predicted octanol–water partition coefficient (Wildman–Crippen LogP) is 14.6. The molecule has 4 heteroatoms. The molecule has 13 aromatic rings. The van der Waals surface area contributed by atoms with Gasteiger partial charge in [-0.1, -0.05) is 146 Å². The third kappa shape index (κ3) is 5.04. The number of nitrogens with zero attached hydrogens (tertiary/aromatic N) is 4. The summed E-state index contributed by atoms with van der Waals surface area (Å²) in [5, 5.41) is 14.3. The van der Waals surface area contributed by atoms with Crippen LogP contribution in [0.1, 0.15) is 0 Å². The van der Waals surface area contributed by atoms with E-state index >= 15 is 0 Å². The maximum absolute atomic E-state index is 5.29. The highest BCUT2D eigenvalue weighted by Gasteiger charge is 2.16. The van der Waals surface area contributed by atoms with Crippen LogP contribution in [0.5, 0.6) is 0 Å². The van der Waals surface area contributed by atoms with E-state index in [0.717, 1.165) is 99.3 Å². The van der Waals surface area contributed by atoms with Gasteiger partial charge in [-0.3, -0.25) is 4.98 Å². The Labute approximate surface area is 344 Å². The third-order valence-electron chi connectivity index (χ3n) is 12.4. The highest BCUT2D eigenvalue weighted by molar-refractivity contribution is 6.25. The molecule has 0 atom stereocenters. The summed E-state index contributed by atoms with van der Waals surface area (Å²) in [4.78, 5) is 20.4. The van der Waals surface area contributed by atoms with Crippen molar-refractivity contribution in [2.24, 2.45) is 0 Å². The second kappa shape index (κ2) is 12.7. The summed E-state index contributed by atoms with van der Waals surface area (Å²) in [5.41, 5.74) is 12.2. The van der Waals surface area contributed by atoms with Crippen LogP contribution in [-0.2, 0) is 0 Å².